The van der Waals surface area contributed by atoms with Crippen LogP contribution in [0.4, 0.5) is 5.82 Å². The van der Waals surface area contributed by atoms with Crippen LogP contribution in [-0.2, 0) is 0 Å². The third-order valence-electron chi connectivity index (χ3n) is 3.29. The van der Waals surface area contributed by atoms with E-state index in [1.807, 2.05) is 24.3 Å². The van der Waals surface area contributed by atoms with E-state index in [1.165, 1.54) is 0 Å². The number of hydrogen-bond donors (Lipinski definition) is 2. The molecule has 0 unspecified atom stereocenters. The summed E-state index contributed by atoms with van der Waals surface area (Å²) in [4.78, 5) is 8.57. The third-order valence-corrected chi connectivity index (χ3v) is 3.29. The fourth-order valence-corrected chi connectivity index (χ4v) is 2.11. The largest absolute Gasteiger partial charge is 0.396 e. The predicted octanol–water partition coefficient (Wildman–Crippen LogP) is 2.84. The van der Waals surface area contributed by atoms with Gasteiger partial charge in [-0.2, -0.15) is 0 Å². The van der Waals surface area contributed by atoms with Gasteiger partial charge in [0.2, 0.25) is 0 Å². The Hall–Kier alpha value is -1.68. The van der Waals surface area contributed by atoms with Crippen molar-refractivity contribution in [1.29, 1.82) is 0 Å². The average Bonchev–Trinajstić information content (AvgIpc) is 2.43. The van der Waals surface area contributed by atoms with E-state index in [1.54, 1.807) is 6.33 Å². The van der Waals surface area contributed by atoms with E-state index in [2.05, 4.69) is 29.1 Å². The lowest BCUT2D eigenvalue weighted by Gasteiger charge is -2.25. The summed E-state index contributed by atoms with van der Waals surface area (Å²) in [6, 6.07) is 7.98. The molecule has 0 spiro atoms. The summed E-state index contributed by atoms with van der Waals surface area (Å²) in [5.74, 6) is 0.877. The van der Waals surface area contributed by atoms with Crippen LogP contribution in [0, 0.1) is 5.41 Å². The standard InChI is InChI=1S/C15H21N3O/c1-15(2,8-5-9-19)10-16-14-12-6-3-4-7-13(12)17-11-18-14/h3-4,6-7,11,19H,5,8-10H2,1-2H3,(H,16,17,18). The van der Waals surface area contributed by atoms with E-state index in [4.69, 9.17) is 5.11 Å². The molecule has 0 amide bonds. The molecular weight excluding hydrogens is 238 g/mol. The first kappa shape index (κ1) is 13.7. The van der Waals surface area contributed by atoms with Gasteiger partial charge in [-0.25, -0.2) is 9.97 Å². The van der Waals surface area contributed by atoms with Crippen molar-refractivity contribution in [2.45, 2.75) is 26.7 Å². The van der Waals surface area contributed by atoms with E-state index in [-0.39, 0.29) is 12.0 Å². The van der Waals surface area contributed by atoms with Gasteiger partial charge < -0.3 is 10.4 Å². The molecule has 1 aromatic carbocycles. The molecule has 0 bridgehead atoms. The van der Waals surface area contributed by atoms with Crippen LogP contribution in [0.3, 0.4) is 0 Å². The van der Waals surface area contributed by atoms with Crippen molar-refractivity contribution in [2.24, 2.45) is 5.41 Å². The maximum atomic E-state index is 8.92. The highest BCUT2D eigenvalue weighted by molar-refractivity contribution is 5.88. The van der Waals surface area contributed by atoms with Crippen molar-refractivity contribution in [2.75, 3.05) is 18.5 Å². The van der Waals surface area contributed by atoms with Crippen molar-refractivity contribution in [3.05, 3.63) is 30.6 Å². The molecular formula is C15H21N3O. The van der Waals surface area contributed by atoms with Gasteiger partial charge in [0, 0.05) is 18.5 Å². The summed E-state index contributed by atoms with van der Waals surface area (Å²) in [6.07, 6.45) is 3.41. The number of aromatic nitrogens is 2. The Balaban J connectivity index is 2.09. The van der Waals surface area contributed by atoms with Gasteiger partial charge in [-0.3, -0.25) is 0 Å². The fourth-order valence-electron chi connectivity index (χ4n) is 2.11. The van der Waals surface area contributed by atoms with Gasteiger partial charge in [-0.05, 0) is 30.4 Å². The molecule has 0 fully saturated rings. The number of aliphatic hydroxyl groups is 1. The molecule has 0 saturated heterocycles. The lowest BCUT2D eigenvalue weighted by molar-refractivity contribution is 0.248. The number of aliphatic hydroxyl groups excluding tert-OH is 1. The molecule has 0 atom stereocenters. The number of benzene rings is 1. The lowest BCUT2D eigenvalue weighted by atomic mass is 9.88. The third kappa shape index (κ3) is 3.64. The molecule has 2 N–H and O–H groups in total. The zero-order valence-corrected chi connectivity index (χ0v) is 11.6. The second kappa shape index (κ2) is 5.97. The Morgan fingerprint density at radius 2 is 2.00 bits per heavy atom. The van der Waals surface area contributed by atoms with Gasteiger partial charge in [0.05, 0.1) is 5.52 Å². The first-order valence-electron chi connectivity index (χ1n) is 6.67. The molecule has 102 valence electrons. The molecule has 0 radical (unpaired) electrons. The van der Waals surface area contributed by atoms with Crippen molar-refractivity contribution in [1.82, 2.24) is 9.97 Å². The minimum absolute atomic E-state index is 0.134. The van der Waals surface area contributed by atoms with Crippen molar-refractivity contribution >= 4 is 16.7 Å². The van der Waals surface area contributed by atoms with Gasteiger partial charge in [0.25, 0.3) is 0 Å². The number of nitrogens with zero attached hydrogens (tertiary/aromatic N) is 2. The Kier molecular flexibility index (Phi) is 4.32. The van der Waals surface area contributed by atoms with E-state index in [0.717, 1.165) is 36.1 Å². The normalized spacial score (nSPS) is 11.7. The number of rotatable bonds is 6. The predicted molar refractivity (Wildman–Crippen MR) is 78.1 cm³/mol. The Morgan fingerprint density at radius 1 is 1.21 bits per heavy atom. The maximum Gasteiger partial charge on any atom is 0.137 e. The zero-order valence-electron chi connectivity index (χ0n) is 11.6. The molecule has 2 aromatic rings. The SMILES string of the molecule is CC(C)(CCCO)CNc1ncnc2ccccc12. The van der Waals surface area contributed by atoms with Crippen LogP contribution in [0.1, 0.15) is 26.7 Å². The fraction of sp³-hybridized carbons (Fsp3) is 0.467. The first-order valence-corrected chi connectivity index (χ1v) is 6.67. The molecule has 4 nitrogen and oxygen atoms in total. The van der Waals surface area contributed by atoms with Crippen LogP contribution >= 0.6 is 0 Å². The first-order chi connectivity index (χ1) is 9.12. The van der Waals surface area contributed by atoms with Crippen LogP contribution in [-0.4, -0.2) is 28.2 Å². The van der Waals surface area contributed by atoms with Gasteiger partial charge in [0.1, 0.15) is 12.1 Å². The Labute approximate surface area is 113 Å². The van der Waals surface area contributed by atoms with Gasteiger partial charge in [0.15, 0.2) is 0 Å². The van der Waals surface area contributed by atoms with E-state index in [9.17, 15) is 0 Å². The highest BCUT2D eigenvalue weighted by Gasteiger charge is 2.17. The summed E-state index contributed by atoms with van der Waals surface area (Å²) in [5, 5.41) is 13.4. The Bertz CT molecular complexity index is 534. The number of fused-ring (bicyclic) bond motifs is 1. The maximum absolute atomic E-state index is 8.92. The van der Waals surface area contributed by atoms with Crippen molar-refractivity contribution in [3.63, 3.8) is 0 Å². The molecule has 0 aliphatic carbocycles. The average molecular weight is 259 g/mol. The van der Waals surface area contributed by atoms with Crippen molar-refractivity contribution < 1.29 is 5.11 Å². The van der Waals surface area contributed by atoms with Crippen molar-refractivity contribution in [3.8, 4) is 0 Å². The van der Waals surface area contributed by atoms with Crippen LogP contribution in [0.25, 0.3) is 10.9 Å². The molecule has 0 aliphatic heterocycles. The molecule has 0 aliphatic rings. The summed E-state index contributed by atoms with van der Waals surface area (Å²) < 4.78 is 0. The van der Waals surface area contributed by atoms with Crippen LogP contribution in [0.5, 0.6) is 0 Å². The summed E-state index contributed by atoms with van der Waals surface area (Å²) >= 11 is 0. The van der Waals surface area contributed by atoms with E-state index < -0.39 is 0 Å². The molecule has 1 heterocycles. The quantitative estimate of drug-likeness (QED) is 0.837. The second-order valence-electron chi connectivity index (χ2n) is 5.58. The minimum atomic E-state index is 0.134. The summed E-state index contributed by atoms with van der Waals surface area (Å²) in [6.45, 7) is 5.46. The van der Waals surface area contributed by atoms with Gasteiger partial charge in [-0.15, -0.1) is 0 Å². The number of nitrogens with one attached hydrogen (secondary N) is 1. The molecule has 19 heavy (non-hydrogen) atoms. The summed E-state index contributed by atoms with van der Waals surface area (Å²) in [5.41, 5.74) is 1.09. The minimum Gasteiger partial charge on any atom is -0.396 e. The smallest absolute Gasteiger partial charge is 0.137 e. The van der Waals surface area contributed by atoms with E-state index in [0.29, 0.717) is 0 Å². The highest BCUT2D eigenvalue weighted by atomic mass is 16.2. The highest BCUT2D eigenvalue weighted by Crippen LogP contribution is 2.24. The number of anilines is 1. The molecule has 0 saturated carbocycles. The molecule has 4 heteroatoms. The van der Waals surface area contributed by atoms with Crippen LogP contribution < -0.4 is 5.32 Å². The zero-order chi connectivity index (χ0) is 13.7. The Morgan fingerprint density at radius 3 is 2.79 bits per heavy atom. The lowest BCUT2D eigenvalue weighted by Crippen LogP contribution is -2.24. The van der Waals surface area contributed by atoms with Crippen LogP contribution in [0.2, 0.25) is 0 Å². The van der Waals surface area contributed by atoms with Gasteiger partial charge in [-0.1, -0.05) is 26.0 Å². The monoisotopic (exact) mass is 259 g/mol. The van der Waals surface area contributed by atoms with Crippen LogP contribution in [0.15, 0.2) is 30.6 Å². The summed E-state index contributed by atoms with van der Waals surface area (Å²) in [7, 11) is 0. The van der Waals surface area contributed by atoms with Gasteiger partial charge >= 0.3 is 0 Å². The number of hydrogen-bond acceptors (Lipinski definition) is 4. The molecule has 1 aromatic heterocycles. The van der Waals surface area contributed by atoms with E-state index >= 15 is 0 Å². The topological polar surface area (TPSA) is 58.0 Å². The second-order valence-corrected chi connectivity index (χ2v) is 5.58. The number of para-hydroxylation sites is 1. The molecule has 2 rings (SSSR count).